The Morgan fingerprint density at radius 3 is 2.38 bits per heavy atom. The predicted octanol–water partition coefficient (Wildman–Crippen LogP) is 0.553. The Balaban J connectivity index is 2.54. The van der Waals surface area contributed by atoms with Gasteiger partial charge in [0.1, 0.15) is 6.04 Å². The summed E-state index contributed by atoms with van der Waals surface area (Å²) in [7, 11) is 1.58. The lowest BCUT2D eigenvalue weighted by molar-refractivity contribution is -0.135. The Labute approximate surface area is 127 Å². The predicted molar refractivity (Wildman–Crippen MR) is 81.7 cm³/mol. The molecule has 0 aliphatic heterocycles. The van der Waals surface area contributed by atoms with Crippen molar-refractivity contribution in [2.24, 2.45) is 11.1 Å². The standard InChI is InChI=1S/C15H29N3O3/c1-12(13(19)17-9-10-21-2)18-14(20)15(11-16)7-5-3-4-6-8-15/h12H,3-11,16H2,1-2H3,(H,17,19)(H,18,20). The third kappa shape index (κ3) is 5.28. The zero-order valence-electron chi connectivity index (χ0n) is 13.2. The molecule has 0 heterocycles. The molecule has 122 valence electrons. The highest BCUT2D eigenvalue weighted by molar-refractivity contribution is 5.90. The van der Waals surface area contributed by atoms with Crippen molar-refractivity contribution in [3.8, 4) is 0 Å². The molecule has 1 aliphatic rings. The zero-order chi connectivity index (χ0) is 15.7. The van der Waals surface area contributed by atoms with Crippen LogP contribution in [0.4, 0.5) is 0 Å². The Hall–Kier alpha value is -1.14. The average molecular weight is 299 g/mol. The highest BCUT2D eigenvalue weighted by Crippen LogP contribution is 2.34. The molecule has 0 aromatic rings. The summed E-state index contributed by atoms with van der Waals surface area (Å²) in [6.07, 6.45) is 5.99. The van der Waals surface area contributed by atoms with Crippen molar-refractivity contribution in [3.05, 3.63) is 0 Å². The molecule has 1 rings (SSSR count). The number of methoxy groups -OCH3 is 1. The minimum Gasteiger partial charge on any atom is -0.383 e. The fraction of sp³-hybridized carbons (Fsp3) is 0.867. The monoisotopic (exact) mass is 299 g/mol. The number of hydrogen-bond donors (Lipinski definition) is 3. The maximum absolute atomic E-state index is 12.6. The summed E-state index contributed by atoms with van der Waals surface area (Å²) in [6, 6.07) is -0.555. The molecule has 0 saturated heterocycles. The van der Waals surface area contributed by atoms with E-state index in [4.69, 9.17) is 10.5 Å². The van der Waals surface area contributed by atoms with E-state index >= 15 is 0 Å². The van der Waals surface area contributed by atoms with Crippen molar-refractivity contribution in [1.29, 1.82) is 0 Å². The van der Waals surface area contributed by atoms with Crippen LogP contribution in [0.3, 0.4) is 0 Å². The van der Waals surface area contributed by atoms with E-state index in [0.717, 1.165) is 38.5 Å². The van der Waals surface area contributed by atoms with Crippen LogP contribution < -0.4 is 16.4 Å². The minimum absolute atomic E-state index is 0.0821. The molecular formula is C15H29N3O3. The highest BCUT2D eigenvalue weighted by Gasteiger charge is 2.38. The van der Waals surface area contributed by atoms with Gasteiger partial charge in [0, 0.05) is 20.2 Å². The topological polar surface area (TPSA) is 93.5 Å². The Bertz CT molecular complexity index is 339. The summed E-state index contributed by atoms with van der Waals surface area (Å²) in [5.74, 6) is -0.275. The van der Waals surface area contributed by atoms with E-state index in [9.17, 15) is 9.59 Å². The molecule has 4 N–H and O–H groups in total. The molecule has 1 unspecified atom stereocenters. The van der Waals surface area contributed by atoms with Gasteiger partial charge < -0.3 is 21.1 Å². The van der Waals surface area contributed by atoms with Gasteiger partial charge in [-0.05, 0) is 19.8 Å². The number of nitrogens with one attached hydrogen (secondary N) is 2. The van der Waals surface area contributed by atoms with Crippen LogP contribution in [0.5, 0.6) is 0 Å². The molecule has 0 spiro atoms. The molecule has 0 aromatic heterocycles. The lowest BCUT2D eigenvalue weighted by atomic mass is 9.79. The Morgan fingerprint density at radius 2 is 1.86 bits per heavy atom. The highest BCUT2D eigenvalue weighted by atomic mass is 16.5. The second kappa shape index (κ2) is 9.00. The van der Waals surface area contributed by atoms with Gasteiger partial charge in [-0.3, -0.25) is 9.59 Å². The summed E-state index contributed by atoms with van der Waals surface area (Å²) in [5.41, 5.74) is 5.38. The third-order valence-corrected chi connectivity index (χ3v) is 4.28. The first kappa shape index (κ1) is 17.9. The maximum atomic E-state index is 12.6. The largest absolute Gasteiger partial charge is 0.383 e. The number of hydrogen-bond acceptors (Lipinski definition) is 4. The number of amides is 2. The molecule has 1 aliphatic carbocycles. The SMILES string of the molecule is COCCNC(=O)C(C)NC(=O)C1(CN)CCCCCC1. The molecule has 1 fully saturated rings. The van der Waals surface area contributed by atoms with Crippen molar-refractivity contribution in [2.45, 2.75) is 51.5 Å². The number of ether oxygens (including phenoxy) is 1. The molecule has 1 saturated carbocycles. The van der Waals surface area contributed by atoms with Crippen molar-refractivity contribution < 1.29 is 14.3 Å². The van der Waals surface area contributed by atoms with Gasteiger partial charge in [-0.15, -0.1) is 0 Å². The summed E-state index contributed by atoms with van der Waals surface area (Å²) in [5, 5.41) is 5.55. The quantitative estimate of drug-likeness (QED) is 0.473. The van der Waals surface area contributed by atoms with Crippen LogP contribution in [0.1, 0.15) is 45.4 Å². The van der Waals surface area contributed by atoms with Gasteiger partial charge in [0.25, 0.3) is 0 Å². The fourth-order valence-corrected chi connectivity index (χ4v) is 2.77. The van der Waals surface area contributed by atoms with Gasteiger partial charge >= 0.3 is 0 Å². The van der Waals surface area contributed by atoms with Gasteiger partial charge in [-0.2, -0.15) is 0 Å². The fourth-order valence-electron chi connectivity index (χ4n) is 2.77. The van der Waals surface area contributed by atoms with Crippen molar-refractivity contribution in [1.82, 2.24) is 10.6 Å². The van der Waals surface area contributed by atoms with Gasteiger partial charge in [-0.25, -0.2) is 0 Å². The lowest BCUT2D eigenvalue weighted by Gasteiger charge is -2.31. The first-order valence-electron chi connectivity index (χ1n) is 7.83. The summed E-state index contributed by atoms with van der Waals surface area (Å²) in [6.45, 7) is 2.94. The van der Waals surface area contributed by atoms with Crippen LogP contribution in [0.15, 0.2) is 0 Å². The molecule has 6 heteroatoms. The minimum atomic E-state index is -0.555. The van der Waals surface area contributed by atoms with E-state index in [-0.39, 0.29) is 11.8 Å². The number of nitrogens with two attached hydrogens (primary N) is 1. The molecule has 6 nitrogen and oxygen atoms in total. The maximum Gasteiger partial charge on any atom is 0.242 e. The van der Waals surface area contributed by atoms with E-state index in [2.05, 4.69) is 10.6 Å². The molecule has 0 bridgehead atoms. The van der Waals surface area contributed by atoms with E-state index in [1.54, 1.807) is 14.0 Å². The zero-order valence-corrected chi connectivity index (χ0v) is 13.2. The van der Waals surface area contributed by atoms with Crippen LogP contribution in [-0.4, -0.2) is 44.7 Å². The van der Waals surface area contributed by atoms with Crippen LogP contribution >= 0.6 is 0 Å². The average Bonchev–Trinajstić information content (AvgIpc) is 2.73. The van der Waals surface area contributed by atoms with Crippen LogP contribution in [-0.2, 0) is 14.3 Å². The van der Waals surface area contributed by atoms with Gasteiger partial charge in [0.05, 0.1) is 12.0 Å². The van der Waals surface area contributed by atoms with Crippen LogP contribution in [0.25, 0.3) is 0 Å². The summed E-state index contributed by atoms with van der Waals surface area (Å²) < 4.78 is 4.88. The van der Waals surface area contributed by atoms with Crippen LogP contribution in [0, 0.1) is 5.41 Å². The number of rotatable bonds is 7. The molecule has 0 aromatic carbocycles. The first-order valence-corrected chi connectivity index (χ1v) is 7.83. The first-order chi connectivity index (χ1) is 10.1. The Kier molecular flexibility index (Phi) is 7.67. The normalized spacial score (nSPS) is 19.4. The van der Waals surface area contributed by atoms with E-state index < -0.39 is 11.5 Å². The van der Waals surface area contributed by atoms with Crippen molar-refractivity contribution in [3.63, 3.8) is 0 Å². The van der Waals surface area contributed by atoms with Gasteiger partial charge in [0.2, 0.25) is 11.8 Å². The van der Waals surface area contributed by atoms with E-state index in [1.807, 2.05) is 0 Å². The van der Waals surface area contributed by atoms with E-state index in [0.29, 0.717) is 19.7 Å². The second-order valence-corrected chi connectivity index (χ2v) is 5.88. The van der Waals surface area contributed by atoms with Crippen molar-refractivity contribution in [2.75, 3.05) is 26.8 Å². The van der Waals surface area contributed by atoms with Crippen molar-refractivity contribution >= 4 is 11.8 Å². The Morgan fingerprint density at radius 1 is 1.24 bits per heavy atom. The molecular weight excluding hydrogens is 270 g/mol. The van der Waals surface area contributed by atoms with Crippen LogP contribution in [0.2, 0.25) is 0 Å². The molecule has 2 amide bonds. The summed E-state index contributed by atoms with van der Waals surface area (Å²) >= 11 is 0. The molecule has 1 atom stereocenters. The lowest BCUT2D eigenvalue weighted by Crippen LogP contribution is -2.52. The van der Waals surface area contributed by atoms with E-state index in [1.165, 1.54) is 0 Å². The van der Waals surface area contributed by atoms with Gasteiger partial charge in [0.15, 0.2) is 0 Å². The summed E-state index contributed by atoms with van der Waals surface area (Å²) in [4.78, 5) is 24.4. The molecule has 0 radical (unpaired) electrons. The number of carbonyl (C=O) groups is 2. The smallest absolute Gasteiger partial charge is 0.242 e. The molecule has 21 heavy (non-hydrogen) atoms. The second-order valence-electron chi connectivity index (χ2n) is 5.88. The van der Waals surface area contributed by atoms with Gasteiger partial charge in [-0.1, -0.05) is 25.7 Å². The number of carbonyl (C=O) groups excluding carboxylic acids is 2. The third-order valence-electron chi connectivity index (χ3n) is 4.28.